The van der Waals surface area contributed by atoms with Crippen LogP contribution in [0.1, 0.15) is 22.8 Å². The lowest BCUT2D eigenvalue weighted by atomic mass is 10.1. The first-order valence-electron chi connectivity index (χ1n) is 9.26. The van der Waals surface area contributed by atoms with Crippen molar-refractivity contribution in [2.45, 2.75) is 17.0 Å². The topological polar surface area (TPSA) is 126 Å². The zero-order chi connectivity index (χ0) is 24.0. The molecule has 0 aliphatic carbocycles. The number of non-ortho nitro benzene ring substituents is 1. The summed E-state index contributed by atoms with van der Waals surface area (Å²) in [4.78, 5) is 37.2. The van der Waals surface area contributed by atoms with Crippen LogP contribution in [0.3, 0.4) is 0 Å². The molecule has 0 amide bonds. The molecule has 12 heteroatoms. The lowest BCUT2D eigenvalue weighted by Gasteiger charge is -2.10. The number of benzene rings is 2. The Kier molecular flexibility index (Phi) is 7.80. The zero-order valence-corrected chi connectivity index (χ0v) is 19.2. The molecule has 0 saturated heterocycles. The van der Waals surface area contributed by atoms with Crippen LogP contribution in [-0.2, 0) is 4.84 Å². The van der Waals surface area contributed by atoms with E-state index in [0.717, 1.165) is 11.8 Å². The number of aromatic nitrogens is 2. The number of nitrogens with zero attached hydrogens (tertiary/aromatic N) is 4. The number of hydrogen-bond donors (Lipinski definition) is 0. The van der Waals surface area contributed by atoms with Crippen LogP contribution in [0.15, 0.2) is 63.7 Å². The summed E-state index contributed by atoms with van der Waals surface area (Å²) < 4.78 is 10.3. The molecule has 0 unspecified atom stereocenters. The number of carbonyl (C=O) groups is 1. The quantitative estimate of drug-likeness (QED) is 0.144. The lowest BCUT2D eigenvalue weighted by Crippen LogP contribution is -2.07. The van der Waals surface area contributed by atoms with Crippen LogP contribution in [-0.4, -0.2) is 40.8 Å². The van der Waals surface area contributed by atoms with Crippen LogP contribution >= 0.6 is 23.4 Å². The van der Waals surface area contributed by atoms with E-state index in [1.165, 1.54) is 44.6 Å². The fraction of sp³-hybridized carbons (Fsp3) is 0.143. The second-order valence-electron chi connectivity index (χ2n) is 6.31. The number of halogens is 1. The number of nitro benzene ring substituents is 1. The molecule has 0 aliphatic rings. The molecule has 10 nitrogen and oxygen atoms in total. The number of nitro groups is 1. The highest BCUT2D eigenvalue weighted by molar-refractivity contribution is 7.99. The van der Waals surface area contributed by atoms with E-state index in [0.29, 0.717) is 10.5 Å². The maximum Gasteiger partial charge on any atom is 0.368 e. The Balaban J connectivity index is 1.87. The van der Waals surface area contributed by atoms with Gasteiger partial charge in [-0.05, 0) is 30.8 Å². The Bertz CT molecular complexity index is 1210. The van der Waals surface area contributed by atoms with Gasteiger partial charge >= 0.3 is 5.97 Å². The smallest absolute Gasteiger partial charge is 0.368 e. The zero-order valence-electron chi connectivity index (χ0n) is 17.6. The predicted octanol–water partition coefficient (Wildman–Crippen LogP) is 4.79. The molecule has 1 aromatic heterocycles. The minimum absolute atomic E-state index is 0.0603. The van der Waals surface area contributed by atoms with Crippen molar-refractivity contribution in [3.05, 3.63) is 74.8 Å². The Morgan fingerprint density at radius 1 is 1.09 bits per heavy atom. The van der Waals surface area contributed by atoms with Crippen LogP contribution in [0.4, 0.5) is 5.69 Å². The van der Waals surface area contributed by atoms with Crippen molar-refractivity contribution in [3.8, 4) is 11.8 Å². The van der Waals surface area contributed by atoms with E-state index >= 15 is 0 Å². The Morgan fingerprint density at radius 2 is 1.76 bits per heavy atom. The molecule has 1 heterocycles. The van der Waals surface area contributed by atoms with Gasteiger partial charge in [-0.3, -0.25) is 10.1 Å². The van der Waals surface area contributed by atoms with Gasteiger partial charge in [-0.1, -0.05) is 35.0 Å². The second-order valence-corrected chi connectivity index (χ2v) is 7.73. The maximum atomic E-state index is 12.8. The van der Waals surface area contributed by atoms with Crippen molar-refractivity contribution in [3.63, 3.8) is 0 Å². The molecule has 170 valence electrons. The van der Waals surface area contributed by atoms with Gasteiger partial charge in [-0.2, -0.15) is 9.97 Å². The molecule has 33 heavy (non-hydrogen) atoms. The maximum absolute atomic E-state index is 12.8. The molecule has 2 aromatic carbocycles. The largest absolute Gasteiger partial charge is 0.481 e. The third-order valence-electron chi connectivity index (χ3n) is 4.20. The standard InChI is InChI=1S/C21H17ClN4O6S/c1-12(13-6-4-7-14(10-13)26(28)29)25-32-20(27)19-15(22)8-5-9-16(19)33-21-23-17(30-2)11-18(24-21)31-3/h4-11H,1-3H3/b25-12+. The van der Waals surface area contributed by atoms with Gasteiger partial charge in [0.1, 0.15) is 0 Å². The van der Waals surface area contributed by atoms with Crippen LogP contribution in [0.2, 0.25) is 5.02 Å². The van der Waals surface area contributed by atoms with E-state index in [-0.39, 0.29) is 38.9 Å². The first-order valence-corrected chi connectivity index (χ1v) is 10.5. The minimum atomic E-state index is -0.817. The molecule has 0 radical (unpaired) electrons. The van der Waals surface area contributed by atoms with Gasteiger partial charge in [-0.25, -0.2) is 4.79 Å². The molecular formula is C21H17ClN4O6S. The molecule has 0 bridgehead atoms. The number of methoxy groups -OCH3 is 2. The van der Waals surface area contributed by atoms with E-state index in [4.69, 9.17) is 25.9 Å². The molecule has 0 atom stereocenters. The highest BCUT2D eigenvalue weighted by Crippen LogP contribution is 2.34. The Labute approximate surface area is 197 Å². The summed E-state index contributed by atoms with van der Waals surface area (Å²) >= 11 is 7.33. The summed E-state index contributed by atoms with van der Waals surface area (Å²) in [5, 5.41) is 15.2. The van der Waals surface area contributed by atoms with Crippen molar-refractivity contribution >= 4 is 40.7 Å². The van der Waals surface area contributed by atoms with Gasteiger partial charge in [0, 0.05) is 22.6 Å². The summed E-state index contributed by atoms with van der Waals surface area (Å²) in [6, 6.07) is 12.2. The highest BCUT2D eigenvalue weighted by atomic mass is 35.5. The third kappa shape index (κ3) is 5.96. The van der Waals surface area contributed by atoms with Crippen molar-refractivity contribution < 1.29 is 24.0 Å². The van der Waals surface area contributed by atoms with Gasteiger partial charge in [0.25, 0.3) is 5.69 Å². The molecule has 0 N–H and O–H groups in total. The Hall–Kier alpha value is -3.70. The fourth-order valence-electron chi connectivity index (χ4n) is 2.58. The Morgan fingerprint density at radius 3 is 2.39 bits per heavy atom. The van der Waals surface area contributed by atoms with E-state index in [1.54, 1.807) is 25.1 Å². The third-order valence-corrected chi connectivity index (χ3v) is 5.44. The summed E-state index contributed by atoms with van der Waals surface area (Å²) in [7, 11) is 2.92. The van der Waals surface area contributed by atoms with E-state index < -0.39 is 10.9 Å². The molecular weight excluding hydrogens is 472 g/mol. The van der Waals surface area contributed by atoms with E-state index in [9.17, 15) is 14.9 Å². The number of hydrogen-bond acceptors (Lipinski definition) is 10. The van der Waals surface area contributed by atoms with Crippen molar-refractivity contribution in [1.82, 2.24) is 9.97 Å². The summed E-state index contributed by atoms with van der Waals surface area (Å²) in [6.07, 6.45) is 0. The molecule has 3 aromatic rings. The summed E-state index contributed by atoms with van der Waals surface area (Å²) in [5.74, 6) is -0.247. The van der Waals surface area contributed by atoms with E-state index in [1.807, 2.05) is 0 Å². The normalized spacial score (nSPS) is 11.1. The number of rotatable bonds is 8. The fourth-order valence-corrected chi connectivity index (χ4v) is 3.79. The van der Waals surface area contributed by atoms with Crippen LogP contribution < -0.4 is 9.47 Å². The van der Waals surface area contributed by atoms with Gasteiger partial charge in [-0.15, -0.1) is 0 Å². The number of oxime groups is 1. The molecule has 0 fully saturated rings. The number of ether oxygens (including phenoxy) is 2. The second kappa shape index (κ2) is 10.7. The molecule has 0 aliphatic heterocycles. The van der Waals surface area contributed by atoms with E-state index in [2.05, 4.69) is 15.1 Å². The van der Waals surface area contributed by atoms with Crippen molar-refractivity contribution in [2.24, 2.45) is 5.16 Å². The molecule has 0 spiro atoms. The SMILES string of the molecule is COc1cc(OC)nc(Sc2cccc(Cl)c2C(=O)O/N=C(\C)c2cccc([N+](=O)[O-])c2)n1. The number of carbonyl (C=O) groups excluding carboxylic acids is 1. The minimum Gasteiger partial charge on any atom is -0.481 e. The molecule has 0 saturated carbocycles. The van der Waals surface area contributed by atoms with Crippen LogP contribution in [0.25, 0.3) is 0 Å². The van der Waals surface area contributed by atoms with Gasteiger partial charge in [0.05, 0.1) is 41.5 Å². The van der Waals surface area contributed by atoms with Gasteiger partial charge < -0.3 is 14.3 Å². The van der Waals surface area contributed by atoms with Crippen LogP contribution in [0, 0.1) is 10.1 Å². The first kappa shape index (κ1) is 24.0. The average molecular weight is 489 g/mol. The van der Waals surface area contributed by atoms with Gasteiger partial charge in [0.2, 0.25) is 11.8 Å². The highest BCUT2D eigenvalue weighted by Gasteiger charge is 2.20. The monoisotopic (exact) mass is 488 g/mol. The molecule has 3 rings (SSSR count). The lowest BCUT2D eigenvalue weighted by molar-refractivity contribution is -0.384. The average Bonchev–Trinajstić information content (AvgIpc) is 2.82. The van der Waals surface area contributed by atoms with Crippen molar-refractivity contribution in [2.75, 3.05) is 14.2 Å². The van der Waals surface area contributed by atoms with Gasteiger partial charge in [0.15, 0.2) is 5.16 Å². The summed E-state index contributed by atoms with van der Waals surface area (Å²) in [5.41, 5.74) is 0.661. The van der Waals surface area contributed by atoms with Crippen LogP contribution in [0.5, 0.6) is 11.8 Å². The van der Waals surface area contributed by atoms with Crippen molar-refractivity contribution in [1.29, 1.82) is 0 Å². The first-order chi connectivity index (χ1) is 15.8. The predicted molar refractivity (Wildman–Crippen MR) is 121 cm³/mol. The summed E-state index contributed by atoms with van der Waals surface area (Å²) in [6.45, 7) is 1.56.